The van der Waals surface area contributed by atoms with Crippen LogP contribution in [0, 0.1) is 6.92 Å². The van der Waals surface area contributed by atoms with Crippen molar-refractivity contribution in [1.29, 1.82) is 0 Å². The number of benzene rings is 2. The number of aryl methyl sites for hydroxylation is 3. The maximum Gasteiger partial charge on any atom is 0.216 e. The van der Waals surface area contributed by atoms with Gasteiger partial charge in [0.15, 0.2) is 0 Å². The van der Waals surface area contributed by atoms with Crippen molar-refractivity contribution >= 4 is 5.71 Å². The van der Waals surface area contributed by atoms with Crippen molar-refractivity contribution in [2.75, 3.05) is 0 Å². The lowest BCUT2D eigenvalue weighted by atomic mass is 10.00. The standard InChI is InChI=1S/C20H19N3O2/c1-13-21-22-19(25-13)9-5-2-6-14-10-11-16-15-7-3-4-8-17(15)20(23-24)18(16)12-14/h3-4,7-8,10-12,24H,2,5-6,9H2,1H3/b23-20-. The highest BCUT2D eigenvalue weighted by atomic mass is 16.4. The summed E-state index contributed by atoms with van der Waals surface area (Å²) in [5.74, 6) is 1.32. The molecule has 1 heterocycles. The third-order valence-electron chi connectivity index (χ3n) is 4.59. The monoisotopic (exact) mass is 333 g/mol. The summed E-state index contributed by atoms with van der Waals surface area (Å²) < 4.78 is 5.39. The molecule has 5 heteroatoms. The summed E-state index contributed by atoms with van der Waals surface area (Å²) in [6.45, 7) is 1.80. The minimum Gasteiger partial charge on any atom is -0.426 e. The highest BCUT2D eigenvalue weighted by Crippen LogP contribution is 2.37. The van der Waals surface area contributed by atoms with Crippen LogP contribution in [-0.4, -0.2) is 21.1 Å². The highest BCUT2D eigenvalue weighted by molar-refractivity contribution is 6.24. The van der Waals surface area contributed by atoms with Crippen LogP contribution in [0.4, 0.5) is 0 Å². The molecular weight excluding hydrogens is 314 g/mol. The summed E-state index contributed by atoms with van der Waals surface area (Å²) in [5.41, 5.74) is 6.16. The van der Waals surface area contributed by atoms with E-state index in [2.05, 4.69) is 39.6 Å². The summed E-state index contributed by atoms with van der Waals surface area (Å²) in [5, 5.41) is 20.9. The molecule has 0 aliphatic heterocycles. The lowest BCUT2D eigenvalue weighted by molar-refractivity contribution is 0.320. The van der Waals surface area contributed by atoms with Crippen molar-refractivity contribution in [3.8, 4) is 11.1 Å². The van der Waals surface area contributed by atoms with Crippen molar-refractivity contribution in [2.45, 2.75) is 32.6 Å². The predicted molar refractivity (Wildman–Crippen MR) is 95.0 cm³/mol. The molecule has 25 heavy (non-hydrogen) atoms. The fourth-order valence-corrected chi connectivity index (χ4v) is 3.40. The van der Waals surface area contributed by atoms with Gasteiger partial charge in [0.25, 0.3) is 0 Å². The molecule has 0 saturated carbocycles. The molecule has 0 radical (unpaired) electrons. The number of oxime groups is 1. The first-order valence-electron chi connectivity index (χ1n) is 8.50. The number of aromatic nitrogens is 2. The van der Waals surface area contributed by atoms with E-state index in [1.807, 2.05) is 18.2 Å². The van der Waals surface area contributed by atoms with Gasteiger partial charge in [-0.05, 0) is 42.0 Å². The second kappa shape index (κ2) is 6.51. The van der Waals surface area contributed by atoms with Crippen LogP contribution in [0.15, 0.2) is 52.0 Å². The van der Waals surface area contributed by atoms with Crippen LogP contribution in [0.5, 0.6) is 0 Å². The van der Waals surface area contributed by atoms with Crippen molar-refractivity contribution in [1.82, 2.24) is 10.2 Å². The molecule has 1 aliphatic carbocycles. The second-order valence-corrected chi connectivity index (χ2v) is 6.30. The number of rotatable bonds is 5. The van der Waals surface area contributed by atoms with Crippen molar-refractivity contribution in [3.05, 3.63) is 70.9 Å². The number of unbranched alkanes of at least 4 members (excludes halogenated alkanes) is 1. The average Bonchev–Trinajstić information content (AvgIpc) is 3.19. The zero-order chi connectivity index (χ0) is 17.2. The molecule has 1 aromatic heterocycles. The molecule has 0 unspecified atom stereocenters. The topological polar surface area (TPSA) is 71.5 Å². The predicted octanol–water partition coefficient (Wildman–Crippen LogP) is 4.15. The maximum atomic E-state index is 9.46. The van der Waals surface area contributed by atoms with Crippen molar-refractivity contribution in [3.63, 3.8) is 0 Å². The van der Waals surface area contributed by atoms with E-state index in [9.17, 15) is 5.21 Å². The molecule has 0 fully saturated rings. The smallest absolute Gasteiger partial charge is 0.216 e. The summed E-state index contributed by atoms with van der Waals surface area (Å²) >= 11 is 0. The van der Waals surface area contributed by atoms with Crippen LogP contribution in [0.2, 0.25) is 0 Å². The Kier molecular flexibility index (Phi) is 4.06. The van der Waals surface area contributed by atoms with Gasteiger partial charge in [0.05, 0.1) is 0 Å². The van der Waals surface area contributed by atoms with Crippen LogP contribution >= 0.6 is 0 Å². The average molecular weight is 333 g/mol. The Bertz CT molecular complexity index is 944. The van der Waals surface area contributed by atoms with Crippen LogP contribution in [-0.2, 0) is 12.8 Å². The molecule has 1 N–H and O–H groups in total. The number of nitrogens with zero attached hydrogens (tertiary/aromatic N) is 3. The fourth-order valence-electron chi connectivity index (χ4n) is 3.40. The Hall–Kier alpha value is -2.95. The molecule has 0 amide bonds. The van der Waals surface area contributed by atoms with E-state index >= 15 is 0 Å². The minimum absolute atomic E-state index is 0.615. The molecule has 5 nitrogen and oxygen atoms in total. The lowest BCUT2D eigenvalue weighted by Crippen LogP contribution is -1.99. The normalized spacial score (nSPS) is 13.9. The summed E-state index contributed by atoms with van der Waals surface area (Å²) in [6.07, 6.45) is 3.81. The van der Waals surface area contributed by atoms with E-state index in [-0.39, 0.29) is 0 Å². The second-order valence-electron chi connectivity index (χ2n) is 6.30. The number of hydrogen-bond acceptors (Lipinski definition) is 5. The minimum atomic E-state index is 0.615. The Morgan fingerprint density at radius 2 is 1.68 bits per heavy atom. The quantitative estimate of drug-likeness (QED) is 0.338. The van der Waals surface area contributed by atoms with E-state index in [0.29, 0.717) is 17.5 Å². The molecule has 126 valence electrons. The molecule has 4 rings (SSSR count). The van der Waals surface area contributed by atoms with Gasteiger partial charge in [0, 0.05) is 24.5 Å². The van der Waals surface area contributed by atoms with E-state index in [0.717, 1.165) is 47.9 Å². The first kappa shape index (κ1) is 15.6. The molecule has 2 aromatic carbocycles. The van der Waals surface area contributed by atoms with Crippen molar-refractivity contribution in [2.24, 2.45) is 5.16 Å². The van der Waals surface area contributed by atoms with Crippen LogP contribution in [0.3, 0.4) is 0 Å². The first-order valence-corrected chi connectivity index (χ1v) is 8.50. The van der Waals surface area contributed by atoms with E-state index in [4.69, 9.17) is 4.42 Å². The number of fused-ring (bicyclic) bond motifs is 3. The van der Waals surface area contributed by atoms with Gasteiger partial charge in [-0.25, -0.2) is 0 Å². The van der Waals surface area contributed by atoms with Gasteiger partial charge in [-0.2, -0.15) is 0 Å². The summed E-state index contributed by atoms with van der Waals surface area (Å²) in [4.78, 5) is 0. The molecule has 0 bridgehead atoms. The van der Waals surface area contributed by atoms with Gasteiger partial charge in [-0.3, -0.25) is 0 Å². The molecular formula is C20H19N3O2. The third kappa shape index (κ3) is 2.93. The largest absolute Gasteiger partial charge is 0.426 e. The van der Waals surface area contributed by atoms with Gasteiger partial charge < -0.3 is 9.62 Å². The lowest BCUT2D eigenvalue weighted by Gasteiger charge is -2.05. The zero-order valence-corrected chi connectivity index (χ0v) is 14.1. The molecule has 0 atom stereocenters. The van der Waals surface area contributed by atoms with Gasteiger partial charge in [0.1, 0.15) is 5.71 Å². The SMILES string of the molecule is Cc1nnc(CCCCc2ccc3c(c2)/C(=N\O)c2ccccc2-3)o1. The third-order valence-corrected chi connectivity index (χ3v) is 4.59. The van der Waals surface area contributed by atoms with E-state index in [1.54, 1.807) is 6.92 Å². The molecule has 1 aliphatic rings. The Labute approximate surface area is 146 Å². The van der Waals surface area contributed by atoms with Crippen LogP contribution in [0.25, 0.3) is 11.1 Å². The Balaban J connectivity index is 1.46. The molecule has 0 spiro atoms. The highest BCUT2D eigenvalue weighted by Gasteiger charge is 2.25. The maximum absolute atomic E-state index is 9.46. The van der Waals surface area contributed by atoms with Crippen LogP contribution in [0.1, 0.15) is 41.3 Å². The van der Waals surface area contributed by atoms with Crippen molar-refractivity contribution < 1.29 is 9.62 Å². The van der Waals surface area contributed by atoms with Crippen LogP contribution < -0.4 is 0 Å². The Morgan fingerprint density at radius 1 is 0.920 bits per heavy atom. The summed E-state index contributed by atoms with van der Waals surface area (Å²) in [7, 11) is 0. The van der Waals surface area contributed by atoms with E-state index in [1.165, 1.54) is 5.56 Å². The Morgan fingerprint density at radius 3 is 2.44 bits per heavy atom. The van der Waals surface area contributed by atoms with Gasteiger partial charge >= 0.3 is 0 Å². The van der Waals surface area contributed by atoms with E-state index < -0.39 is 0 Å². The fraction of sp³-hybridized carbons (Fsp3) is 0.250. The van der Waals surface area contributed by atoms with Gasteiger partial charge in [-0.1, -0.05) is 41.6 Å². The zero-order valence-electron chi connectivity index (χ0n) is 14.1. The molecule has 0 saturated heterocycles. The van der Waals surface area contributed by atoms with Gasteiger partial charge in [0.2, 0.25) is 11.8 Å². The molecule has 3 aromatic rings. The number of hydrogen-bond donors (Lipinski definition) is 1. The summed E-state index contributed by atoms with van der Waals surface area (Å²) in [6, 6.07) is 14.5. The van der Waals surface area contributed by atoms with Gasteiger partial charge in [-0.15, -0.1) is 10.2 Å². The first-order chi connectivity index (χ1) is 12.3.